The molecule has 0 radical (unpaired) electrons. The van der Waals surface area contributed by atoms with Crippen LogP contribution in [0.1, 0.15) is 16.8 Å². The van der Waals surface area contributed by atoms with Gasteiger partial charge in [-0.1, -0.05) is 0 Å². The van der Waals surface area contributed by atoms with Crippen molar-refractivity contribution in [3.05, 3.63) is 42.5 Å². The maximum atomic E-state index is 12.4. The van der Waals surface area contributed by atoms with Crippen molar-refractivity contribution in [2.24, 2.45) is 0 Å². The van der Waals surface area contributed by atoms with Gasteiger partial charge in [0.25, 0.3) is 5.91 Å². The molecule has 1 aromatic heterocycles. The van der Waals surface area contributed by atoms with Crippen LogP contribution in [0.25, 0.3) is 5.69 Å². The van der Waals surface area contributed by atoms with Crippen molar-refractivity contribution in [2.75, 3.05) is 18.6 Å². The number of rotatable bonds is 3. The van der Waals surface area contributed by atoms with Gasteiger partial charge < -0.3 is 4.90 Å². The van der Waals surface area contributed by atoms with E-state index in [1.54, 1.807) is 42.3 Å². The molecular formula is C14H16N4O3S. The van der Waals surface area contributed by atoms with Crippen LogP contribution >= 0.6 is 0 Å². The highest BCUT2D eigenvalue weighted by molar-refractivity contribution is 7.91. The molecule has 1 aliphatic rings. The molecule has 0 bridgehead atoms. The summed E-state index contributed by atoms with van der Waals surface area (Å²) in [6.45, 7) is 0. The van der Waals surface area contributed by atoms with Crippen molar-refractivity contribution < 1.29 is 13.2 Å². The van der Waals surface area contributed by atoms with Crippen molar-refractivity contribution in [3.8, 4) is 5.69 Å². The molecular weight excluding hydrogens is 304 g/mol. The highest BCUT2D eigenvalue weighted by Crippen LogP contribution is 2.19. The summed E-state index contributed by atoms with van der Waals surface area (Å²) < 4.78 is 24.7. The number of hydrogen-bond acceptors (Lipinski definition) is 5. The van der Waals surface area contributed by atoms with E-state index in [2.05, 4.69) is 10.1 Å². The number of amides is 1. The third-order valence-electron chi connectivity index (χ3n) is 3.87. The largest absolute Gasteiger partial charge is 0.338 e. The lowest BCUT2D eigenvalue weighted by Crippen LogP contribution is -2.37. The van der Waals surface area contributed by atoms with Crippen LogP contribution in [0.15, 0.2) is 36.9 Å². The zero-order valence-corrected chi connectivity index (χ0v) is 12.9. The number of carbonyl (C=O) groups is 1. The Morgan fingerprint density at radius 1 is 1.32 bits per heavy atom. The summed E-state index contributed by atoms with van der Waals surface area (Å²) in [5.74, 6) is 0.0273. The fourth-order valence-corrected chi connectivity index (χ4v) is 4.32. The minimum absolute atomic E-state index is 0.0479. The molecule has 0 saturated carbocycles. The van der Waals surface area contributed by atoms with Gasteiger partial charge in [0.15, 0.2) is 9.84 Å². The van der Waals surface area contributed by atoms with Crippen LogP contribution < -0.4 is 0 Å². The van der Waals surface area contributed by atoms with Gasteiger partial charge in [0.05, 0.1) is 17.2 Å². The molecule has 7 nitrogen and oxygen atoms in total. The predicted octanol–water partition coefficient (Wildman–Crippen LogP) is 0.526. The van der Waals surface area contributed by atoms with Gasteiger partial charge in [-0.25, -0.2) is 18.1 Å². The van der Waals surface area contributed by atoms with Crippen molar-refractivity contribution in [3.63, 3.8) is 0 Å². The minimum atomic E-state index is -3.00. The summed E-state index contributed by atoms with van der Waals surface area (Å²) in [4.78, 5) is 17.8. The third kappa shape index (κ3) is 2.87. The first kappa shape index (κ1) is 14.7. The van der Waals surface area contributed by atoms with E-state index in [-0.39, 0.29) is 23.5 Å². The molecule has 2 aromatic rings. The monoisotopic (exact) mass is 320 g/mol. The van der Waals surface area contributed by atoms with E-state index < -0.39 is 9.84 Å². The molecule has 0 N–H and O–H groups in total. The van der Waals surface area contributed by atoms with E-state index in [4.69, 9.17) is 0 Å². The Hall–Kier alpha value is -2.22. The Labute approximate surface area is 128 Å². The number of carbonyl (C=O) groups excluding carboxylic acids is 1. The summed E-state index contributed by atoms with van der Waals surface area (Å²) in [6.07, 6.45) is 3.52. The Kier molecular flexibility index (Phi) is 3.69. The van der Waals surface area contributed by atoms with E-state index in [1.165, 1.54) is 11.2 Å². The Morgan fingerprint density at radius 3 is 2.59 bits per heavy atom. The first-order valence-electron chi connectivity index (χ1n) is 6.89. The fraction of sp³-hybridized carbons (Fsp3) is 0.357. The SMILES string of the molecule is CN(C(=O)c1ccc(-n2cncn2)cc1)[C@H]1CCS(=O)(=O)C1. The van der Waals surface area contributed by atoms with Gasteiger partial charge in [0, 0.05) is 18.7 Å². The topological polar surface area (TPSA) is 85.2 Å². The van der Waals surface area contributed by atoms with Crippen LogP contribution in [0.4, 0.5) is 0 Å². The molecule has 116 valence electrons. The summed E-state index contributed by atoms with van der Waals surface area (Å²) in [6, 6.07) is 6.73. The average Bonchev–Trinajstić information content (AvgIpc) is 3.15. The zero-order valence-electron chi connectivity index (χ0n) is 12.1. The molecule has 0 unspecified atom stereocenters. The second-order valence-corrected chi connectivity index (χ2v) is 7.59. The van der Waals surface area contributed by atoms with E-state index in [9.17, 15) is 13.2 Å². The molecule has 1 aliphatic heterocycles. The van der Waals surface area contributed by atoms with Crippen LogP contribution in [-0.2, 0) is 9.84 Å². The summed E-state index contributed by atoms with van der Waals surface area (Å²) in [5, 5.41) is 4.02. The number of nitrogens with zero attached hydrogens (tertiary/aromatic N) is 4. The molecule has 1 aromatic carbocycles. The summed E-state index contributed by atoms with van der Waals surface area (Å²) >= 11 is 0. The summed E-state index contributed by atoms with van der Waals surface area (Å²) in [5.41, 5.74) is 1.33. The van der Waals surface area contributed by atoms with Crippen LogP contribution in [0.5, 0.6) is 0 Å². The molecule has 1 atom stereocenters. The van der Waals surface area contributed by atoms with Crippen LogP contribution in [0.3, 0.4) is 0 Å². The molecule has 3 rings (SSSR count). The average molecular weight is 320 g/mol. The third-order valence-corrected chi connectivity index (χ3v) is 5.62. The molecule has 22 heavy (non-hydrogen) atoms. The lowest BCUT2D eigenvalue weighted by molar-refractivity contribution is 0.0747. The van der Waals surface area contributed by atoms with Gasteiger partial charge in [-0.15, -0.1) is 0 Å². The van der Waals surface area contributed by atoms with Crippen molar-refractivity contribution in [2.45, 2.75) is 12.5 Å². The van der Waals surface area contributed by atoms with Crippen molar-refractivity contribution >= 4 is 15.7 Å². The normalized spacial score (nSPS) is 20.0. The number of benzene rings is 1. The molecule has 2 heterocycles. The lowest BCUT2D eigenvalue weighted by Gasteiger charge is -2.23. The Balaban J connectivity index is 1.75. The second-order valence-electron chi connectivity index (χ2n) is 5.36. The van der Waals surface area contributed by atoms with E-state index >= 15 is 0 Å². The maximum Gasteiger partial charge on any atom is 0.253 e. The first-order chi connectivity index (χ1) is 10.5. The van der Waals surface area contributed by atoms with Gasteiger partial charge in [-0.2, -0.15) is 5.10 Å². The van der Waals surface area contributed by atoms with Crippen LogP contribution in [-0.4, -0.2) is 58.6 Å². The van der Waals surface area contributed by atoms with Crippen molar-refractivity contribution in [1.82, 2.24) is 19.7 Å². The number of hydrogen-bond donors (Lipinski definition) is 0. The molecule has 8 heteroatoms. The van der Waals surface area contributed by atoms with Gasteiger partial charge in [-0.05, 0) is 30.7 Å². The first-order valence-corrected chi connectivity index (χ1v) is 8.71. The predicted molar refractivity (Wildman–Crippen MR) is 80.5 cm³/mol. The highest BCUT2D eigenvalue weighted by Gasteiger charge is 2.32. The van der Waals surface area contributed by atoms with Gasteiger partial charge in [0.1, 0.15) is 12.7 Å². The molecule has 1 fully saturated rings. The van der Waals surface area contributed by atoms with E-state index in [0.29, 0.717) is 12.0 Å². The van der Waals surface area contributed by atoms with Gasteiger partial charge in [0.2, 0.25) is 0 Å². The highest BCUT2D eigenvalue weighted by atomic mass is 32.2. The standard InChI is InChI=1S/C14H16N4O3S/c1-17(13-6-7-22(20,21)8-13)14(19)11-2-4-12(5-3-11)18-10-15-9-16-18/h2-5,9-10,13H,6-8H2,1H3/t13-/m0/s1. The smallest absolute Gasteiger partial charge is 0.253 e. The number of aromatic nitrogens is 3. The number of sulfone groups is 1. The van der Waals surface area contributed by atoms with E-state index in [1.807, 2.05) is 0 Å². The molecule has 0 spiro atoms. The summed E-state index contributed by atoms with van der Waals surface area (Å²) in [7, 11) is -1.35. The Bertz CT molecular complexity index is 769. The van der Waals surface area contributed by atoms with Gasteiger partial charge in [-0.3, -0.25) is 4.79 Å². The van der Waals surface area contributed by atoms with Crippen LogP contribution in [0, 0.1) is 0 Å². The minimum Gasteiger partial charge on any atom is -0.338 e. The van der Waals surface area contributed by atoms with Gasteiger partial charge >= 0.3 is 0 Å². The lowest BCUT2D eigenvalue weighted by atomic mass is 10.1. The molecule has 1 saturated heterocycles. The fourth-order valence-electron chi connectivity index (χ4n) is 2.55. The van der Waals surface area contributed by atoms with Crippen molar-refractivity contribution in [1.29, 1.82) is 0 Å². The molecule has 0 aliphatic carbocycles. The quantitative estimate of drug-likeness (QED) is 0.823. The molecule has 1 amide bonds. The zero-order chi connectivity index (χ0) is 15.7. The van der Waals surface area contributed by atoms with E-state index in [0.717, 1.165) is 5.69 Å². The van der Waals surface area contributed by atoms with Crippen LogP contribution in [0.2, 0.25) is 0 Å². The maximum absolute atomic E-state index is 12.4. The Morgan fingerprint density at radius 2 is 2.05 bits per heavy atom. The second kappa shape index (κ2) is 5.53.